The first-order chi connectivity index (χ1) is 18.1. The largest absolute Gasteiger partial charge is 0.355 e. The number of nitrogens with zero attached hydrogens (tertiary/aromatic N) is 5. The second-order valence-electron chi connectivity index (χ2n) is 8.29. The number of anilines is 5. The lowest BCUT2D eigenvalue weighted by atomic mass is 10.1. The van der Waals surface area contributed by atoms with Crippen molar-refractivity contribution < 1.29 is 4.79 Å². The third-order valence-electron chi connectivity index (χ3n) is 5.64. The number of carbonyl (C=O) groups excluding carboxylic acids is 1. The summed E-state index contributed by atoms with van der Waals surface area (Å²) in [6.45, 7) is 1.94. The van der Waals surface area contributed by atoms with E-state index in [1.807, 2.05) is 61.5 Å². The van der Waals surface area contributed by atoms with Gasteiger partial charge in [0.05, 0.1) is 5.52 Å². The fourth-order valence-corrected chi connectivity index (χ4v) is 3.85. The predicted molar refractivity (Wildman–Crippen MR) is 147 cm³/mol. The molecule has 0 radical (unpaired) electrons. The summed E-state index contributed by atoms with van der Waals surface area (Å²) < 4.78 is 0. The Labute approximate surface area is 212 Å². The van der Waals surface area contributed by atoms with Crippen molar-refractivity contribution in [2.45, 2.75) is 6.92 Å². The van der Waals surface area contributed by atoms with Crippen LogP contribution in [-0.2, 0) is 0 Å². The van der Waals surface area contributed by atoms with E-state index < -0.39 is 0 Å². The molecule has 1 amide bonds. The van der Waals surface area contributed by atoms with Crippen LogP contribution in [0.2, 0.25) is 0 Å². The van der Waals surface area contributed by atoms with Gasteiger partial charge in [0.2, 0.25) is 0 Å². The maximum absolute atomic E-state index is 12.8. The number of hydrogen-bond donors (Lipinski definition) is 3. The molecule has 0 bridgehead atoms. The number of nitrogens with one attached hydrogen (secondary N) is 3. The Morgan fingerprint density at radius 1 is 0.784 bits per heavy atom. The van der Waals surface area contributed by atoms with Crippen molar-refractivity contribution in [1.82, 2.24) is 9.97 Å². The maximum atomic E-state index is 12.8. The first kappa shape index (κ1) is 23.3. The zero-order chi connectivity index (χ0) is 25.6. The van der Waals surface area contributed by atoms with Crippen LogP contribution in [0, 0.1) is 6.92 Å². The summed E-state index contributed by atoms with van der Waals surface area (Å²) in [5.41, 5.74) is 15.7. The molecule has 0 fully saturated rings. The van der Waals surface area contributed by atoms with Crippen LogP contribution in [0.3, 0.4) is 0 Å². The van der Waals surface area contributed by atoms with E-state index in [0.717, 1.165) is 39.3 Å². The predicted octanol–water partition coefficient (Wildman–Crippen LogP) is 7.62. The number of carbonyl (C=O) groups is 1. The molecule has 9 nitrogen and oxygen atoms in total. The molecular formula is C28H22N8O. The highest BCUT2D eigenvalue weighted by Gasteiger charge is 2.08. The van der Waals surface area contributed by atoms with Gasteiger partial charge in [-0.3, -0.25) is 14.8 Å². The van der Waals surface area contributed by atoms with Crippen molar-refractivity contribution >= 4 is 50.9 Å². The Morgan fingerprint density at radius 3 is 2.24 bits per heavy atom. The van der Waals surface area contributed by atoms with E-state index in [0.29, 0.717) is 16.9 Å². The smallest absolute Gasteiger partial charge is 0.255 e. The van der Waals surface area contributed by atoms with E-state index in [1.165, 1.54) is 0 Å². The number of amides is 1. The van der Waals surface area contributed by atoms with Gasteiger partial charge in [-0.25, -0.2) is 0 Å². The SMILES string of the molecule is Cc1cc(Nc2ccc(NC(=O)c3ccc(Nc4ccnc5ccc(N=[N+]=[N-])cc45)cc3)cc2)ccn1. The molecule has 0 saturated heterocycles. The number of fused-ring (bicyclic) bond motifs is 1. The molecule has 0 aliphatic rings. The highest BCUT2D eigenvalue weighted by Crippen LogP contribution is 2.29. The van der Waals surface area contributed by atoms with Gasteiger partial charge in [0.15, 0.2) is 0 Å². The van der Waals surface area contributed by atoms with Gasteiger partial charge in [0.25, 0.3) is 5.91 Å². The van der Waals surface area contributed by atoms with Crippen LogP contribution in [0.1, 0.15) is 16.1 Å². The summed E-state index contributed by atoms with van der Waals surface area (Å²) in [4.78, 5) is 24.2. The van der Waals surface area contributed by atoms with E-state index in [-0.39, 0.29) is 5.91 Å². The molecule has 2 heterocycles. The number of hydrogen-bond acceptors (Lipinski definition) is 6. The molecule has 180 valence electrons. The van der Waals surface area contributed by atoms with Crippen LogP contribution < -0.4 is 16.0 Å². The number of rotatable bonds is 7. The van der Waals surface area contributed by atoms with E-state index in [1.54, 1.807) is 42.7 Å². The third-order valence-corrected chi connectivity index (χ3v) is 5.64. The first-order valence-electron chi connectivity index (χ1n) is 11.5. The molecule has 5 aromatic rings. The Hall–Kier alpha value is -5.40. The van der Waals surface area contributed by atoms with Crippen molar-refractivity contribution in [3.05, 3.63) is 119 Å². The summed E-state index contributed by atoms with van der Waals surface area (Å²) in [6, 6.07) is 25.7. The number of benzene rings is 3. The second kappa shape index (κ2) is 10.5. The lowest BCUT2D eigenvalue weighted by molar-refractivity contribution is 0.102. The summed E-state index contributed by atoms with van der Waals surface area (Å²) in [6.07, 6.45) is 3.46. The molecule has 0 atom stereocenters. The van der Waals surface area contributed by atoms with E-state index in [9.17, 15) is 4.79 Å². The minimum atomic E-state index is -0.203. The van der Waals surface area contributed by atoms with Crippen LogP contribution in [0.5, 0.6) is 0 Å². The topological polar surface area (TPSA) is 128 Å². The van der Waals surface area contributed by atoms with Gasteiger partial charge in [-0.2, -0.15) is 0 Å². The molecule has 3 aromatic carbocycles. The quantitative estimate of drug-likeness (QED) is 0.124. The number of aromatic nitrogens is 2. The fraction of sp³-hybridized carbons (Fsp3) is 0.0357. The Kier molecular flexibility index (Phi) is 6.61. The Bertz CT molecular complexity index is 1630. The van der Waals surface area contributed by atoms with Crippen molar-refractivity contribution in [3.63, 3.8) is 0 Å². The zero-order valence-corrected chi connectivity index (χ0v) is 19.9. The molecule has 3 N–H and O–H groups in total. The first-order valence-corrected chi connectivity index (χ1v) is 11.5. The lowest BCUT2D eigenvalue weighted by Gasteiger charge is -2.11. The van der Waals surface area contributed by atoms with Gasteiger partial charge in [0.1, 0.15) is 0 Å². The van der Waals surface area contributed by atoms with Gasteiger partial charge in [-0.05, 0) is 91.3 Å². The summed E-state index contributed by atoms with van der Waals surface area (Å²) in [5, 5.41) is 14.1. The lowest BCUT2D eigenvalue weighted by Crippen LogP contribution is -2.11. The van der Waals surface area contributed by atoms with Crippen molar-refractivity contribution in [2.75, 3.05) is 16.0 Å². The van der Waals surface area contributed by atoms with Crippen LogP contribution in [-0.4, -0.2) is 15.9 Å². The molecule has 0 spiro atoms. The van der Waals surface area contributed by atoms with Gasteiger partial charge in [0, 0.05) is 68.1 Å². The minimum Gasteiger partial charge on any atom is -0.355 e. The van der Waals surface area contributed by atoms with E-state index >= 15 is 0 Å². The molecule has 2 aromatic heterocycles. The molecule has 37 heavy (non-hydrogen) atoms. The zero-order valence-electron chi connectivity index (χ0n) is 19.9. The molecule has 0 saturated carbocycles. The van der Waals surface area contributed by atoms with Crippen molar-refractivity contribution in [1.29, 1.82) is 0 Å². The van der Waals surface area contributed by atoms with Crippen LogP contribution in [0.15, 0.2) is 102 Å². The van der Waals surface area contributed by atoms with Crippen molar-refractivity contribution in [3.8, 4) is 0 Å². The van der Waals surface area contributed by atoms with E-state index in [4.69, 9.17) is 5.53 Å². The Morgan fingerprint density at radius 2 is 1.49 bits per heavy atom. The standard InChI is InChI=1S/C28H22N8O/c1-18-16-23(12-14-30-18)32-20-6-8-22(9-7-20)34-28(37)19-2-4-21(5-3-19)33-27-13-15-31-26-11-10-24(35-36-29)17-25(26)27/h2-17H,1H3,(H,30,32)(H,31,33)(H,34,37). The van der Waals surface area contributed by atoms with Crippen LogP contribution in [0.25, 0.3) is 21.3 Å². The van der Waals surface area contributed by atoms with E-state index in [2.05, 4.69) is 35.9 Å². The number of pyridine rings is 2. The Balaban J connectivity index is 1.25. The summed E-state index contributed by atoms with van der Waals surface area (Å²) in [7, 11) is 0. The normalized spacial score (nSPS) is 10.4. The third kappa shape index (κ3) is 5.64. The van der Waals surface area contributed by atoms with Gasteiger partial charge in [-0.1, -0.05) is 11.2 Å². The highest BCUT2D eigenvalue weighted by molar-refractivity contribution is 6.04. The molecule has 9 heteroatoms. The molecular weight excluding hydrogens is 464 g/mol. The summed E-state index contributed by atoms with van der Waals surface area (Å²) in [5.74, 6) is -0.203. The molecule has 0 aliphatic carbocycles. The number of aryl methyl sites for hydroxylation is 1. The van der Waals surface area contributed by atoms with Gasteiger partial charge in [-0.15, -0.1) is 0 Å². The summed E-state index contributed by atoms with van der Waals surface area (Å²) >= 11 is 0. The van der Waals surface area contributed by atoms with Gasteiger partial charge >= 0.3 is 0 Å². The monoisotopic (exact) mass is 486 g/mol. The van der Waals surface area contributed by atoms with Crippen LogP contribution in [0.4, 0.5) is 34.1 Å². The molecule has 5 rings (SSSR count). The maximum Gasteiger partial charge on any atom is 0.255 e. The van der Waals surface area contributed by atoms with Gasteiger partial charge < -0.3 is 16.0 Å². The van der Waals surface area contributed by atoms with Crippen LogP contribution >= 0.6 is 0 Å². The second-order valence-corrected chi connectivity index (χ2v) is 8.29. The highest BCUT2D eigenvalue weighted by atomic mass is 16.1. The fourth-order valence-electron chi connectivity index (χ4n) is 3.85. The molecule has 0 unspecified atom stereocenters. The van der Waals surface area contributed by atoms with Crippen molar-refractivity contribution in [2.24, 2.45) is 5.11 Å². The number of azide groups is 1. The minimum absolute atomic E-state index is 0.203. The average Bonchev–Trinajstić information content (AvgIpc) is 2.91. The average molecular weight is 487 g/mol. The molecule has 0 aliphatic heterocycles.